The fourth-order valence-corrected chi connectivity index (χ4v) is 4.69. The number of benzene rings is 2. The molecule has 1 saturated heterocycles. The second-order valence-corrected chi connectivity index (χ2v) is 10.6. The van der Waals surface area contributed by atoms with E-state index in [0.29, 0.717) is 51.4 Å². The van der Waals surface area contributed by atoms with Crippen LogP contribution >= 0.6 is 0 Å². The van der Waals surface area contributed by atoms with Crippen molar-refractivity contribution in [3.05, 3.63) is 82.9 Å². The van der Waals surface area contributed by atoms with Crippen LogP contribution in [0.25, 0.3) is 0 Å². The highest BCUT2D eigenvalue weighted by atomic mass is 19.1. The maximum atomic E-state index is 13.2. The van der Waals surface area contributed by atoms with E-state index in [2.05, 4.69) is 4.90 Å². The lowest BCUT2D eigenvalue weighted by atomic mass is 10.1. The molecule has 0 unspecified atom stereocenters. The SMILES string of the molecule is CC(C)(C)OC(=O)N1CCN(C(=O)c2cccc(N3Cc4cn(Cc5ccc(F)cc5)nc4C3)c2)CC1. The molecule has 2 aromatic carbocycles. The molecular weight excluding hydrogens is 473 g/mol. The summed E-state index contributed by atoms with van der Waals surface area (Å²) in [5.74, 6) is -0.279. The van der Waals surface area contributed by atoms with Crippen molar-refractivity contribution in [2.75, 3.05) is 31.1 Å². The van der Waals surface area contributed by atoms with E-state index in [-0.39, 0.29) is 17.8 Å². The van der Waals surface area contributed by atoms with Crippen molar-refractivity contribution in [1.82, 2.24) is 19.6 Å². The molecule has 0 radical (unpaired) electrons. The number of aromatic nitrogens is 2. The van der Waals surface area contributed by atoms with Gasteiger partial charge < -0.3 is 19.4 Å². The van der Waals surface area contributed by atoms with Crippen LogP contribution in [0, 0.1) is 5.82 Å². The third-order valence-electron chi connectivity index (χ3n) is 6.56. The Kier molecular flexibility index (Phi) is 6.62. The van der Waals surface area contributed by atoms with Gasteiger partial charge in [0.05, 0.1) is 18.8 Å². The Morgan fingerprint density at radius 2 is 1.68 bits per heavy atom. The van der Waals surface area contributed by atoms with Crippen molar-refractivity contribution in [2.24, 2.45) is 0 Å². The van der Waals surface area contributed by atoms with Gasteiger partial charge in [-0.2, -0.15) is 5.10 Å². The third kappa shape index (κ3) is 5.76. The van der Waals surface area contributed by atoms with Crippen molar-refractivity contribution >= 4 is 17.7 Å². The van der Waals surface area contributed by atoms with Crippen LogP contribution in [0.3, 0.4) is 0 Å². The highest BCUT2D eigenvalue weighted by Gasteiger charge is 2.29. The molecule has 0 N–H and O–H groups in total. The summed E-state index contributed by atoms with van der Waals surface area (Å²) in [6, 6.07) is 14.2. The summed E-state index contributed by atoms with van der Waals surface area (Å²) in [5.41, 5.74) is 4.23. The quantitative estimate of drug-likeness (QED) is 0.529. The fraction of sp³-hybridized carbons (Fsp3) is 0.393. The molecule has 2 amide bonds. The average molecular weight is 506 g/mol. The number of carbonyl (C=O) groups excluding carboxylic acids is 2. The zero-order valence-electron chi connectivity index (χ0n) is 21.5. The summed E-state index contributed by atoms with van der Waals surface area (Å²) in [5, 5.41) is 4.72. The Morgan fingerprint density at radius 3 is 2.35 bits per heavy atom. The maximum absolute atomic E-state index is 13.2. The van der Waals surface area contributed by atoms with E-state index < -0.39 is 5.60 Å². The number of carbonyl (C=O) groups is 2. The van der Waals surface area contributed by atoms with Crippen LogP contribution in [0.4, 0.5) is 14.9 Å². The van der Waals surface area contributed by atoms with Crippen LogP contribution in [0.15, 0.2) is 54.7 Å². The Balaban J connectivity index is 1.18. The molecule has 2 aliphatic heterocycles. The molecule has 5 rings (SSSR count). The first-order valence-corrected chi connectivity index (χ1v) is 12.6. The number of piperazine rings is 1. The largest absolute Gasteiger partial charge is 0.444 e. The minimum atomic E-state index is -0.541. The summed E-state index contributed by atoms with van der Waals surface area (Å²) in [6.07, 6.45) is 1.70. The van der Waals surface area contributed by atoms with Crippen LogP contribution in [-0.2, 0) is 24.4 Å². The molecule has 0 saturated carbocycles. The van der Waals surface area contributed by atoms with Crippen LogP contribution in [0.1, 0.15) is 48.0 Å². The molecule has 0 bridgehead atoms. The van der Waals surface area contributed by atoms with Crippen LogP contribution in [0.5, 0.6) is 0 Å². The third-order valence-corrected chi connectivity index (χ3v) is 6.56. The molecule has 1 fully saturated rings. The lowest BCUT2D eigenvalue weighted by Gasteiger charge is -2.35. The highest BCUT2D eigenvalue weighted by molar-refractivity contribution is 5.95. The summed E-state index contributed by atoms with van der Waals surface area (Å²) >= 11 is 0. The predicted octanol–water partition coefficient (Wildman–Crippen LogP) is 4.28. The Labute approximate surface area is 216 Å². The Hall–Kier alpha value is -3.88. The van der Waals surface area contributed by atoms with E-state index in [9.17, 15) is 14.0 Å². The molecule has 37 heavy (non-hydrogen) atoms. The minimum Gasteiger partial charge on any atom is -0.444 e. The Bertz CT molecular complexity index is 1270. The molecular formula is C28H32FN5O3. The van der Waals surface area contributed by atoms with Gasteiger partial charge in [0.15, 0.2) is 0 Å². The lowest BCUT2D eigenvalue weighted by molar-refractivity contribution is 0.0141. The van der Waals surface area contributed by atoms with E-state index in [0.717, 1.165) is 22.5 Å². The van der Waals surface area contributed by atoms with Gasteiger partial charge in [0.2, 0.25) is 0 Å². The summed E-state index contributed by atoms with van der Waals surface area (Å²) in [6.45, 7) is 9.36. The number of hydrogen-bond acceptors (Lipinski definition) is 5. The second-order valence-electron chi connectivity index (χ2n) is 10.6. The van der Waals surface area contributed by atoms with Crippen molar-refractivity contribution in [1.29, 1.82) is 0 Å². The van der Waals surface area contributed by atoms with Crippen LogP contribution in [0.2, 0.25) is 0 Å². The fourth-order valence-electron chi connectivity index (χ4n) is 4.69. The minimum absolute atomic E-state index is 0.0351. The molecule has 8 nitrogen and oxygen atoms in total. The van der Waals surface area contributed by atoms with E-state index in [1.807, 2.05) is 55.9 Å². The first-order chi connectivity index (χ1) is 17.6. The van der Waals surface area contributed by atoms with E-state index >= 15 is 0 Å². The summed E-state index contributed by atoms with van der Waals surface area (Å²) in [7, 11) is 0. The average Bonchev–Trinajstić information content (AvgIpc) is 3.43. The molecule has 0 aliphatic carbocycles. The van der Waals surface area contributed by atoms with Crippen molar-refractivity contribution in [3.8, 4) is 0 Å². The smallest absolute Gasteiger partial charge is 0.410 e. The molecule has 3 aromatic rings. The van der Waals surface area contributed by atoms with Gasteiger partial charge >= 0.3 is 6.09 Å². The monoisotopic (exact) mass is 505 g/mol. The lowest BCUT2D eigenvalue weighted by Crippen LogP contribution is -2.51. The van der Waals surface area contributed by atoms with Gasteiger partial charge in [0.1, 0.15) is 11.4 Å². The zero-order chi connectivity index (χ0) is 26.2. The number of anilines is 1. The Morgan fingerprint density at radius 1 is 0.973 bits per heavy atom. The first kappa shape index (κ1) is 24.8. The molecule has 0 spiro atoms. The van der Waals surface area contributed by atoms with E-state index in [1.54, 1.807) is 21.9 Å². The number of ether oxygens (including phenoxy) is 1. The molecule has 2 aliphatic rings. The summed E-state index contributed by atoms with van der Waals surface area (Å²) in [4.78, 5) is 31.2. The molecule has 3 heterocycles. The number of nitrogens with zero attached hydrogens (tertiary/aromatic N) is 5. The van der Waals surface area contributed by atoms with Crippen LogP contribution < -0.4 is 4.90 Å². The maximum Gasteiger partial charge on any atom is 0.410 e. The van der Waals surface area contributed by atoms with Crippen LogP contribution in [-0.4, -0.2) is 63.4 Å². The molecule has 194 valence electrons. The molecule has 0 atom stereocenters. The molecule has 9 heteroatoms. The van der Waals surface area contributed by atoms with Gasteiger partial charge in [-0.3, -0.25) is 9.48 Å². The van der Waals surface area contributed by atoms with Gasteiger partial charge in [0.25, 0.3) is 5.91 Å². The number of fused-ring (bicyclic) bond motifs is 1. The first-order valence-electron chi connectivity index (χ1n) is 12.6. The number of rotatable bonds is 4. The molecule has 1 aromatic heterocycles. The van der Waals surface area contributed by atoms with Gasteiger partial charge in [0, 0.05) is 55.7 Å². The van der Waals surface area contributed by atoms with E-state index in [1.165, 1.54) is 12.1 Å². The van der Waals surface area contributed by atoms with Gasteiger partial charge in [-0.15, -0.1) is 0 Å². The van der Waals surface area contributed by atoms with E-state index in [4.69, 9.17) is 9.84 Å². The highest BCUT2D eigenvalue weighted by Crippen LogP contribution is 2.28. The zero-order valence-corrected chi connectivity index (χ0v) is 21.5. The van der Waals surface area contributed by atoms with Crippen molar-refractivity contribution in [3.63, 3.8) is 0 Å². The number of halogens is 1. The topological polar surface area (TPSA) is 70.9 Å². The van der Waals surface area contributed by atoms with Crippen molar-refractivity contribution < 1.29 is 18.7 Å². The predicted molar refractivity (Wildman–Crippen MR) is 138 cm³/mol. The normalized spacial score (nSPS) is 15.6. The summed E-state index contributed by atoms with van der Waals surface area (Å²) < 4.78 is 20.5. The van der Waals surface area contributed by atoms with Gasteiger partial charge in [-0.1, -0.05) is 18.2 Å². The van der Waals surface area contributed by atoms with Gasteiger partial charge in [-0.25, -0.2) is 9.18 Å². The van der Waals surface area contributed by atoms with Crippen molar-refractivity contribution in [2.45, 2.75) is 46.0 Å². The van der Waals surface area contributed by atoms with Gasteiger partial charge in [-0.05, 0) is 56.7 Å². The number of amides is 2. The standard InChI is InChI=1S/C28H32FN5O3/c1-28(2,3)37-27(36)32-13-11-31(12-14-32)26(35)21-5-4-6-24(15-21)33-17-22-18-34(30-25(22)19-33)16-20-7-9-23(29)10-8-20/h4-10,15,18H,11-14,16-17,19H2,1-3H3. The second kappa shape index (κ2) is 9.88. The number of hydrogen-bond donors (Lipinski definition) is 0.